The van der Waals surface area contributed by atoms with Crippen LogP contribution in [0.1, 0.15) is 12.1 Å². The van der Waals surface area contributed by atoms with E-state index >= 15 is 0 Å². The molecule has 1 saturated heterocycles. The predicted molar refractivity (Wildman–Crippen MR) is 68.5 cm³/mol. The Morgan fingerprint density at radius 1 is 1.61 bits per heavy atom. The SMILES string of the molecule is CN(c1nccc(C(=N)N)n1)C1CCS(=O)(=O)C1. The molecule has 2 rings (SSSR count). The third-order valence-corrected chi connectivity index (χ3v) is 4.74. The second-order valence-electron chi connectivity index (χ2n) is 4.32. The van der Waals surface area contributed by atoms with E-state index in [2.05, 4.69) is 9.97 Å². The maximum Gasteiger partial charge on any atom is 0.225 e. The van der Waals surface area contributed by atoms with Gasteiger partial charge in [-0.05, 0) is 12.5 Å². The molecule has 8 heteroatoms. The Balaban J connectivity index is 2.21. The number of hydrogen-bond acceptors (Lipinski definition) is 6. The Kier molecular flexibility index (Phi) is 3.20. The number of nitrogens with two attached hydrogens (primary N) is 1. The van der Waals surface area contributed by atoms with Crippen LogP contribution in [0, 0.1) is 5.41 Å². The Morgan fingerprint density at radius 2 is 2.33 bits per heavy atom. The second kappa shape index (κ2) is 4.52. The molecule has 1 fully saturated rings. The number of hydrogen-bond donors (Lipinski definition) is 2. The summed E-state index contributed by atoms with van der Waals surface area (Å²) in [5.74, 6) is 0.585. The van der Waals surface area contributed by atoms with E-state index in [-0.39, 0.29) is 23.4 Å². The summed E-state index contributed by atoms with van der Waals surface area (Å²) in [6.07, 6.45) is 2.09. The van der Waals surface area contributed by atoms with Crippen molar-refractivity contribution in [3.8, 4) is 0 Å². The molecular formula is C10H15N5O2S. The van der Waals surface area contributed by atoms with E-state index in [4.69, 9.17) is 11.1 Å². The molecule has 98 valence electrons. The van der Waals surface area contributed by atoms with Gasteiger partial charge >= 0.3 is 0 Å². The van der Waals surface area contributed by atoms with Crippen LogP contribution < -0.4 is 10.6 Å². The van der Waals surface area contributed by atoms with Crippen LogP contribution in [0.2, 0.25) is 0 Å². The van der Waals surface area contributed by atoms with Crippen LogP contribution in [0.25, 0.3) is 0 Å². The Hall–Kier alpha value is -1.70. The van der Waals surface area contributed by atoms with Gasteiger partial charge in [-0.2, -0.15) is 0 Å². The van der Waals surface area contributed by atoms with E-state index in [0.717, 1.165) is 0 Å². The van der Waals surface area contributed by atoms with E-state index in [9.17, 15) is 8.42 Å². The van der Waals surface area contributed by atoms with Crippen molar-refractivity contribution in [2.75, 3.05) is 23.5 Å². The smallest absolute Gasteiger partial charge is 0.225 e. The highest BCUT2D eigenvalue weighted by atomic mass is 32.2. The molecule has 0 aromatic carbocycles. The Morgan fingerprint density at radius 3 is 2.89 bits per heavy atom. The molecule has 3 N–H and O–H groups in total. The molecule has 1 atom stereocenters. The Bertz CT molecular complexity index is 571. The molecule has 18 heavy (non-hydrogen) atoms. The maximum atomic E-state index is 11.4. The van der Waals surface area contributed by atoms with Crippen molar-refractivity contribution in [3.05, 3.63) is 18.0 Å². The van der Waals surface area contributed by atoms with Gasteiger partial charge in [-0.1, -0.05) is 0 Å². The largest absolute Gasteiger partial charge is 0.382 e. The molecule has 1 unspecified atom stereocenters. The first-order valence-corrected chi connectivity index (χ1v) is 7.32. The van der Waals surface area contributed by atoms with E-state index in [1.54, 1.807) is 18.0 Å². The lowest BCUT2D eigenvalue weighted by atomic mass is 10.2. The fourth-order valence-corrected chi connectivity index (χ4v) is 3.69. The Labute approximate surface area is 105 Å². The van der Waals surface area contributed by atoms with Crippen molar-refractivity contribution in [2.24, 2.45) is 5.73 Å². The minimum absolute atomic E-state index is 0.114. The lowest BCUT2D eigenvalue weighted by Crippen LogP contribution is -2.34. The van der Waals surface area contributed by atoms with Gasteiger partial charge in [-0.15, -0.1) is 0 Å². The van der Waals surface area contributed by atoms with Gasteiger partial charge in [0.2, 0.25) is 5.95 Å². The van der Waals surface area contributed by atoms with Gasteiger partial charge in [0.25, 0.3) is 0 Å². The number of nitrogen functional groups attached to an aromatic ring is 1. The van der Waals surface area contributed by atoms with Crippen LogP contribution in [0.4, 0.5) is 5.95 Å². The van der Waals surface area contributed by atoms with Crippen molar-refractivity contribution >= 4 is 21.6 Å². The minimum Gasteiger partial charge on any atom is -0.382 e. The summed E-state index contributed by atoms with van der Waals surface area (Å²) in [6.45, 7) is 0. The molecule has 1 aromatic heterocycles. The monoisotopic (exact) mass is 269 g/mol. The third kappa shape index (κ3) is 2.58. The highest BCUT2D eigenvalue weighted by Crippen LogP contribution is 2.19. The minimum atomic E-state index is -2.94. The summed E-state index contributed by atoms with van der Waals surface area (Å²) >= 11 is 0. The highest BCUT2D eigenvalue weighted by Gasteiger charge is 2.31. The summed E-state index contributed by atoms with van der Waals surface area (Å²) in [6, 6.07) is 1.43. The fraction of sp³-hybridized carbons (Fsp3) is 0.500. The number of aromatic nitrogens is 2. The van der Waals surface area contributed by atoms with Crippen LogP contribution in [0.15, 0.2) is 12.3 Å². The van der Waals surface area contributed by atoms with Crippen LogP contribution in [0.5, 0.6) is 0 Å². The standard InChI is InChI=1S/C10H15N5O2S/c1-15(7-3-5-18(16,17)6-7)10-13-4-2-8(14-10)9(11)12/h2,4,7H,3,5-6H2,1H3,(H3,11,12). The number of amidine groups is 1. The predicted octanol–water partition coefficient (Wildman–Crippen LogP) is -0.616. The normalized spacial score (nSPS) is 21.7. The number of nitrogens with one attached hydrogen (secondary N) is 1. The fourth-order valence-electron chi connectivity index (χ4n) is 1.91. The molecule has 1 aliphatic heterocycles. The molecule has 0 bridgehead atoms. The summed E-state index contributed by atoms with van der Waals surface area (Å²) in [4.78, 5) is 9.95. The summed E-state index contributed by atoms with van der Waals surface area (Å²) in [5, 5.41) is 7.32. The van der Waals surface area contributed by atoms with Crippen molar-refractivity contribution < 1.29 is 8.42 Å². The first kappa shape index (κ1) is 12.7. The second-order valence-corrected chi connectivity index (χ2v) is 6.55. The van der Waals surface area contributed by atoms with Crippen molar-refractivity contribution in [3.63, 3.8) is 0 Å². The van der Waals surface area contributed by atoms with Gasteiger partial charge in [0, 0.05) is 19.3 Å². The topological polar surface area (TPSA) is 113 Å². The lowest BCUT2D eigenvalue weighted by Gasteiger charge is -2.23. The number of nitrogens with zero attached hydrogens (tertiary/aromatic N) is 3. The van der Waals surface area contributed by atoms with Gasteiger partial charge in [0.15, 0.2) is 9.84 Å². The molecule has 0 amide bonds. The first-order chi connectivity index (χ1) is 8.39. The lowest BCUT2D eigenvalue weighted by molar-refractivity contribution is 0.600. The number of rotatable bonds is 3. The molecule has 1 aliphatic rings. The molecule has 1 aromatic rings. The average Bonchev–Trinajstić information content (AvgIpc) is 2.69. The number of anilines is 1. The van der Waals surface area contributed by atoms with Gasteiger partial charge in [0.1, 0.15) is 11.5 Å². The summed E-state index contributed by atoms with van der Waals surface area (Å²) in [7, 11) is -1.18. The highest BCUT2D eigenvalue weighted by molar-refractivity contribution is 7.91. The molecule has 0 spiro atoms. The van der Waals surface area contributed by atoms with E-state index < -0.39 is 9.84 Å². The quantitative estimate of drug-likeness (QED) is 0.558. The van der Waals surface area contributed by atoms with Crippen molar-refractivity contribution in [2.45, 2.75) is 12.5 Å². The molecule has 7 nitrogen and oxygen atoms in total. The van der Waals surface area contributed by atoms with Crippen molar-refractivity contribution in [1.82, 2.24) is 9.97 Å². The summed E-state index contributed by atoms with van der Waals surface area (Å²) < 4.78 is 22.9. The maximum absolute atomic E-state index is 11.4. The zero-order valence-corrected chi connectivity index (χ0v) is 10.8. The van der Waals surface area contributed by atoms with Gasteiger partial charge in [-0.25, -0.2) is 18.4 Å². The van der Waals surface area contributed by atoms with E-state index in [1.807, 2.05) is 0 Å². The number of sulfone groups is 1. The van der Waals surface area contributed by atoms with Crippen LogP contribution in [0.3, 0.4) is 0 Å². The zero-order chi connectivity index (χ0) is 13.3. The molecule has 0 radical (unpaired) electrons. The first-order valence-electron chi connectivity index (χ1n) is 5.50. The van der Waals surface area contributed by atoms with Crippen molar-refractivity contribution in [1.29, 1.82) is 5.41 Å². The van der Waals surface area contributed by atoms with E-state index in [1.165, 1.54) is 6.20 Å². The molecular weight excluding hydrogens is 254 g/mol. The molecule has 2 heterocycles. The summed E-state index contributed by atoms with van der Waals surface area (Å²) in [5.41, 5.74) is 5.70. The zero-order valence-electron chi connectivity index (χ0n) is 10.00. The van der Waals surface area contributed by atoms with Crippen LogP contribution in [-0.2, 0) is 9.84 Å². The average molecular weight is 269 g/mol. The molecule has 0 aliphatic carbocycles. The van der Waals surface area contributed by atoms with Gasteiger partial charge < -0.3 is 10.6 Å². The van der Waals surface area contributed by atoms with Gasteiger partial charge in [-0.3, -0.25) is 5.41 Å². The van der Waals surface area contributed by atoms with Crippen LogP contribution >= 0.6 is 0 Å². The van der Waals surface area contributed by atoms with Gasteiger partial charge in [0.05, 0.1) is 11.5 Å². The molecule has 0 saturated carbocycles. The van der Waals surface area contributed by atoms with Crippen LogP contribution in [-0.4, -0.2) is 48.8 Å². The van der Waals surface area contributed by atoms with E-state index in [0.29, 0.717) is 18.1 Å². The third-order valence-electron chi connectivity index (χ3n) is 2.99.